The molecule has 9 heteroatoms. The largest absolute Gasteiger partial charge is 0.508 e. The van der Waals surface area contributed by atoms with E-state index in [2.05, 4.69) is 4.74 Å². The monoisotopic (exact) mass is 264 g/mol. The molecule has 0 aliphatic carbocycles. The summed E-state index contributed by atoms with van der Waals surface area (Å²) in [4.78, 5) is 10.7. The zero-order valence-electron chi connectivity index (χ0n) is 8.60. The van der Waals surface area contributed by atoms with Crippen LogP contribution in [0, 0.1) is 5.82 Å². The van der Waals surface area contributed by atoms with E-state index in [1.54, 1.807) is 4.72 Å². The van der Waals surface area contributed by atoms with Gasteiger partial charge in [0.15, 0.2) is 5.82 Å². The number of hydrogen-bond donors (Lipinski definition) is 3. The van der Waals surface area contributed by atoms with Crippen LogP contribution in [0.2, 0.25) is 0 Å². The van der Waals surface area contributed by atoms with Crippen molar-refractivity contribution < 1.29 is 27.4 Å². The molecule has 0 aliphatic rings. The van der Waals surface area contributed by atoms with Crippen molar-refractivity contribution in [2.75, 3.05) is 11.8 Å². The van der Waals surface area contributed by atoms with Gasteiger partial charge in [0.05, 0.1) is 12.8 Å². The fourth-order valence-electron chi connectivity index (χ4n) is 0.908. The number of anilines is 1. The molecule has 94 valence electrons. The molecule has 17 heavy (non-hydrogen) atoms. The lowest BCUT2D eigenvalue weighted by molar-refractivity contribution is 0.177. The van der Waals surface area contributed by atoms with Gasteiger partial charge in [0, 0.05) is 6.07 Å². The van der Waals surface area contributed by atoms with E-state index < -0.39 is 27.8 Å². The van der Waals surface area contributed by atoms with Gasteiger partial charge in [-0.25, -0.2) is 13.9 Å². The van der Waals surface area contributed by atoms with E-state index in [0.717, 1.165) is 25.3 Å². The van der Waals surface area contributed by atoms with E-state index in [-0.39, 0.29) is 5.75 Å². The minimum absolute atomic E-state index is 0.355. The second kappa shape index (κ2) is 4.87. The Labute approximate surface area is 96.4 Å². The Morgan fingerprint density at radius 3 is 2.65 bits per heavy atom. The number of benzene rings is 1. The highest BCUT2D eigenvalue weighted by Crippen LogP contribution is 2.19. The Hall–Kier alpha value is -2.03. The molecular formula is C8H9FN2O5S. The minimum atomic E-state index is -4.28. The molecule has 0 fully saturated rings. The van der Waals surface area contributed by atoms with E-state index in [1.807, 2.05) is 0 Å². The van der Waals surface area contributed by atoms with Crippen molar-refractivity contribution in [3.63, 3.8) is 0 Å². The molecule has 0 radical (unpaired) electrons. The first-order chi connectivity index (χ1) is 7.84. The number of carbonyl (C=O) groups excluding carboxylic acids is 1. The maximum atomic E-state index is 13.2. The van der Waals surface area contributed by atoms with E-state index in [1.165, 1.54) is 4.72 Å². The van der Waals surface area contributed by atoms with Crippen LogP contribution in [0.4, 0.5) is 14.9 Å². The van der Waals surface area contributed by atoms with Gasteiger partial charge in [-0.15, -0.1) is 0 Å². The summed E-state index contributed by atoms with van der Waals surface area (Å²) < 4.78 is 43.0. The Morgan fingerprint density at radius 2 is 2.12 bits per heavy atom. The summed E-state index contributed by atoms with van der Waals surface area (Å²) in [6.07, 6.45) is -1.21. The first kappa shape index (κ1) is 13.0. The number of phenolic OH excluding ortho intramolecular Hbond substituents is 1. The highest BCUT2D eigenvalue weighted by Gasteiger charge is 2.16. The van der Waals surface area contributed by atoms with E-state index in [4.69, 9.17) is 5.11 Å². The predicted octanol–water partition coefficient (Wildman–Crippen LogP) is 0.544. The van der Waals surface area contributed by atoms with Crippen LogP contribution in [-0.4, -0.2) is 26.7 Å². The lowest BCUT2D eigenvalue weighted by atomic mass is 10.3. The predicted molar refractivity (Wildman–Crippen MR) is 56.1 cm³/mol. The molecule has 0 spiro atoms. The number of amides is 1. The fraction of sp³-hybridized carbons (Fsp3) is 0.125. The maximum Gasteiger partial charge on any atom is 0.422 e. The van der Waals surface area contributed by atoms with Crippen molar-refractivity contribution in [2.24, 2.45) is 0 Å². The lowest BCUT2D eigenvalue weighted by Crippen LogP contribution is -2.35. The molecule has 0 unspecified atom stereocenters. The summed E-state index contributed by atoms with van der Waals surface area (Å²) in [5.74, 6) is -1.34. The third-order valence-corrected chi connectivity index (χ3v) is 2.52. The third kappa shape index (κ3) is 3.79. The Kier molecular flexibility index (Phi) is 3.73. The summed E-state index contributed by atoms with van der Waals surface area (Å²) in [5.41, 5.74) is -0.417. The van der Waals surface area contributed by atoms with Crippen LogP contribution in [0.5, 0.6) is 5.75 Å². The van der Waals surface area contributed by atoms with E-state index >= 15 is 0 Å². The highest BCUT2D eigenvalue weighted by molar-refractivity contribution is 7.91. The molecular weight excluding hydrogens is 255 g/mol. The molecule has 1 amide bonds. The lowest BCUT2D eigenvalue weighted by Gasteiger charge is -2.09. The fourth-order valence-corrected chi connectivity index (χ4v) is 1.72. The van der Waals surface area contributed by atoms with Gasteiger partial charge in [0.1, 0.15) is 5.75 Å². The van der Waals surface area contributed by atoms with Crippen molar-refractivity contribution in [2.45, 2.75) is 0 Å². The van der Waals surface area contributed by atoms with Gasteiger partial charge in [0.2, 0.25) is 0 Å². The zero-order valence-corrected chi connectivity index (χ0v) is 9.41. The van der Waals surface area contributed by atoms with Crippen molar-refractivity contribution in [3.05, 3.63) is 24.0 Å². The van der Waals surface area contributed by atoms with Crippen LogP contribution >= 0.6 is 0 Å². The molecule has 1 aromatic carbocycles. The van der Waals surface area contributed by atoms with Crippen LogP contribution in [0.1, 0.15) is 0 Å². The first-order valence-corrected chi connectivity index (χ1v) is 5.69. The number of methoxy groups -OCH3 is 1. The van der Waals surface area contributed by atoms with Crippen LogP contribution in [-0.2, 0) is 14.9 Å². The van der Waals surface area contributed by atoms with E-state index in [9.17, 15) is 17.6 Å². The molecule has 0 bridgehead atoms. The molecule has 1 rings (SSSR count). The number of hydrogen-bond acceptors (Lipinski definition) is 5. The number of rotatable bonds is 3. The average molecular weight is 264 g/mol. The summed E-state index contributed by atoms with van der Waals surface area (Å²) in [7, 11) is -3.30. The van der Waals surface area contributed by atoms with Gasteiger partial charge in [-0.1, -0.05) is 0 Å². The number of aromatic hydroxyl groups is 1. The molecule has 0 aromatic heterocycles. The van der Waals surface area contributed by atoms with E-state index in [0.29, 0.717) is 0 Å². The Bertz CT molecular complexity index is 531. The number of halogens is 1. The molecule has 1 aromatic rings. The molecule has 0 saturated carbocycles. The SMILES string of the molecule is COC(=O)NS(=O)(=O)Nc1ccc(O)cc1F. The minimum Gasteiger partial charge on any atom is -0.508 e. The van der Waals surface area contributed by atoms with Crippen molar-refractivity contribution in [3.8, 4) is 5.75 Å². The Balaban J connectivity index is 2.87. The molecule has 3 N–H and O–H groups in total. The molecule has 0 aliphatic heterocycles. The van der Waals surface area contributed by atoms with Gasteiger partial charge >= 0.3 is 16.3 Å². The van der Waals surface area contributed by atoms with Crippen molar-refractivity contribution in [1.29, 1.82) is 0 Å². The zero-order chi connectivity index (χ0) is 13.1. The van der Waals surface area contributed by atoms with Gasteiger partial charge in [-0.05, 0) is 12.1 Å². The topological polar surface area (TPSA) is 105 Å². The van der Waals surface area contributed by atoms with Crippen molar-refractivity contribution in [1.82, 2.24) is 4.72 Å². The smallest absolute Gasteiger partial charge is 0.422 e. The quantitative estimate of drug-likeness (QED) is 0.691. The number of phenols is 1. The third-order valence-electron chi connectivity index (χ3n) is 1.60. The average Bonchev–Trinajstić information content (AvgIpc) is 2.21. The van der Waals surface area contributed by atoms with Crippen molar-refractivity contribution >= 4 is 22.0 Å². The van der Waals surface area contributed by atoms with Crippen LogP contribution in [0.25, 0.3) is 0 Å². The first-order valence-electron chi connectivity index (χ1n) is 4.21. The summed E-state index contributed by atoms with van der Waals surface area (Å²) in [6, 6.07) is 2.80. The molecule has 0 atom stereocenters. The maximum absolute atomic E-state index is 13.2. The molecule has 7 nitrogen and oxygen atoms in total. The molecule has 0 saturated heterocycles. The number of nitrogens with one attached hydrogen (secondary N) is 2. The van der Waals surface area contributed by atoms with Gasteiger partial charge in [0.25, 0.3) is 0 Å². The second-order valence-corrected chi connectivity index (χ2v) is 4.28. The number of ether oxygens (including phenoxy) is 1. The Morgan fingerprint density at radius 1 is 1.47 bits per heavy atom. The van der Waals surface area contributed by atoms with Crippen LogP contribution < -0.4 is 9.44 Å². The summed E-state index contributed by atoms with van der Waals surface area (Å²) in [5, 5.41) is 8.91. The second-order valence-electron chi connectivity index (χ2n) is 2.86. The normalized spacial score (nSPS) is 10.7. The number of carbonyl (C=O) groups is 1. The van der Waals surface area contributed by atoms with Gasteiger partial charge in [-0.2, -0.15) is 8.42 Å². The van der Waals surface area contributed by atoms with Crippen LogP contribution in [0.15, 0.2) is 18.2 Å². The standard InChI is InChI=1S/C8H9FN2O5S/c1-16-8(13)11-17(14,15)10-7-3-2-5(12)4-6(7)9/h2-4,10,12H,1H3,(H,11,13). The van der Waals surface area contributed by atoms with Gasteiger partial charge < -0.3 is 9.84 Å². The summed E-state index contributed by atoms with van der Waals surface area (Å²) >= 11 is 0. The van der Waals surface area contributed by atoms with Crippen LogP contribution in [0.3, 0.4) is 0 Å². The molecule has 0 heterocycles. The highest BCUT2D eigenvalue weighted by atomic mass is 32.2. The summed E-state index contributed by atoms with van der Waals surface area (Å²) in [6.45, 7) is 0. The van der Waals surface area contributed by atoms with Gasteiger partial charge in [-0.3, -0.25) is 4.72 Å².